The molecule has 0 aromatic heterocycles. The second-order valence-corrected chi connectivity index (χ2v) is 10.9. The second kappa shape index (κ2) is 11.8. The van der Waals surface area contributed by atoms with E-state index in [1.165, 1.54) is 36.8 Å². The van der Waals surface area contributed by atoms with Crippen LogP contribution in [0, 0.1) is 17.3 Å². The molecule has 0 heterocycles. The normalized spacial score (nSPS) is 22.9. The molecule has 1 saturated carbocycles. The molecule has 0 aliphatic heterocycles. The molecule has 194 valence electrons. The third-order valence-corrected chi connectivity index (χ3v) is 8.11. The number of hydrogen-bond acceptors (Lipinski definition) is 3. The SMILES string of the molecule is CCCCCCC(C)(C)c1cc(OC)c(C2C=C(CO)C3C[C@@H]2C3(C)C)c(OC)c1.FC(F)F. The van der Waals surface area contributed by atoms with E-state index in [1.807, 2.05) is 0 Å². The third kappa shape index (κ3) is 6.10. The number of fused-ring (bicyclic) bond motifs is 1. The van der Waals surface area contributed by atoms with Gasteiger partial charge in [0.2, 0.25) is 0 Å². The monoisotopic (exact) mass is 484 g/mol. The Kier molecular flexibility index (Phi) is 9.93. The zero-order valence-corrected chi connectivity index (χ0v) is 21.9. The van der Waals surface area contributed by atoms with E-state index in [2.05, 4.69) is 52.8 Å². The summed E-state index contributed by atoms with van der Waals surface area (Å²) in [5.74, 6) is 3.12. The van der Waals surface area contributed by atoms with Crippen molar-refractivity contribution in [1.29, 1.82) is 0 Å². The maximum atomic E-state index is 9.98. The maximum absolute atomic E-state index is 9.98. The van der Waals surface area contributed by atoms with E-state index in [-0.39, 0.29) is 23.4 Å². The van der Waals surface area contributed by atoms with Crippen molar-refractivity contribution >= 4 is 0 Å². The van der Waals surface area contributed by atoms with E-state index in [0.29, 0.717) is 11.8 Å². The molecule has 0 radical (unpaired) electrons. The molecule has 1 aromatic rings. The standard InChI is InChI=1S/C27H42O3.CHF3/c1-8-9-10-11-12-26(2,3)19-14-23(29-6)25(24(15-19)30-7)20-13-18(17-28)21-16-22(20)27(21,4)5;2-1(3)4/h13-15,20-22,28H,8-12,16-17H2,1-7H3;1H/t20?,21?,22-;/m0./s1. The summed E-state index contributed by atoms with van der Waals surface area (Å²) in [5, 5.41) is 9.98. The van der Waals surface area contributed by atoms with Gasteiger partial charge in [0.05, 0.1) is 20.8 Å². The summed E-state index contributed by atoms with van der Waals surface area (Å²) in [6.45, 7) is 8.08. The predicted molar refractivity (Wildman–Crippen MR) is 132 cm³/mol. The number of rotatable bonds is 10. The van der Waals surface area contributed by atoms with Crippen LogP contribution in [0.25, 0.3) is 0 Å². The van der Waals surface area contributed by atoms with Crippen molar-refractivity contribution in [3.63, 3.8) is 0 Å². The molecule has 3 atom stereocenters. The first-order valence-electron chi connectivity index (χ1n) is 12.4. The van der Waals surface area contributed by atoms with Gasteiger partial charge >= 0.3 is 6.68 Å². The molecule has 34 heavy (non-hydrogen) atoms. The van der Waals surface area contributed by atoms with Crippen molar-refractivity contribution < 1.29 is 27.8 Å². The van der Waals surface area contributed by atoms with Crippen molar-refractivity contribution in [2.24, 2.45) is 17.3 Å². The fraction of sp³-hybridized carbons (Fsp3) is 0.714. The minimum atomic E-state index is -3.67. The van der Waals surface area contributed by atoms with E-state index < -0.39 is 6.68 Å². The molecular formula is C28H43F3O3. The van der Waals surface area contributed by atoms with Crippen LogP contribution in [0.1, 0.15) is 90.2 Å². The van der Waals surface area contributed by atoms with Crippen molar-refractivity contribution in [2.75, 3.05) is 20.8 Å². The van der Waals surface area contributed by atoms with Crippen molar-refractivity contribution in [3.05, 3.63) is 34.9 Å². The van der Waals surface area contributed by atoms with Crippen molar-refractivity contribution in [1.82, 2.24) is 0 Å². The van der Waals surface area contributed by atoms with Crippen LogP contribution in [0.4, 0.5) is 13.2 Å². The van der Waals surface area contributed by atoms with Gasteiger partial charge in [-0.1, -0.05) is 66.4 Å². The first kappa shape index (κ1) is 28.5. The smallest absolute Gasteiger partial charge is 0.379 e. The maximum Gasteiger partial charge on any atom is 0.379 e. The molecule has 0 saturated heterocycles. The number of halogens is 3. The van der Waals surface area contributed by atoms with E-state index in [4.69, 9.17) is 9.47 Å². The molecule has 3 aliphatic carbocycles. The van der Waals surface area contributed by atoms with Gasteiger partial charge in [-0.2, -0.15) is 13.2 Å². The van der Waals surface area contributed by atoms with Crippen LogP contribution in [0.3, 0.4) is 0 Å². The number of aliphatic hydroxyl groups excluding tert-OH is 1. The molecule has 1 N–H and O–H groups in total. The molecule has 2 bridgehead atoms. The lowest BCUT2D eigenvalue weighted by Gasteiger charge is -2.59. The molecular weight excluding hydrogens is 441 g/mol. The Hall–Kier alpha value is -1.69. The summed E-state index contributed by atoms with van der Waals surface area (Å²) < 4.78 is 40.9. The Morgan fingerprint density at radius 3 is 2.06 bits per heavy atom. The molecule has 0 spiro atoms. The molecule has 4 rings (SSSR count). The Labute approximate surface area is 203 Å². The predicted octanol–water partition coefficient (Wildman–Crippen LogP) is 7.81. The van der Waals surface area contributed by atoms with Gasteiger partial charge in [-0.05, 0) is 58.8 Å². The lowest BCUT2D eigenvalue weighted by molar-refractivity contribution is -0.0260. The minimum absolute atomic E-state index is 0.0757. The van der Waals surface area contributed by atoms with E-state index in [0.717, 1.165) is 29.9 Å². The third-order valence-electron chi connectivity index (χ3n) is 8.11. The fourth-order valence-electron chi connectivity index (χ4n) is 5.90. The van der Waals surface area contributed by atoms with Gasteiger partial charge in [0.15, 0.2) is 0 Å². The molecule has 1 aromatic carbocycles. The number of allylic oxidation sites excluding steroid dienone is 1. The zero-order chi connectivity index (χ0) is 25.7. The van der Waals surface area contributed by atoms with Crippen molar-refractivity contribution in [2.45, 2.75) is 91.2 Å². The van der Waals surface area contributed by atoms with E-state index in [9.17, 15) is 18.3 Å². The number of hydrogen-bond donors (Lipinski definition) is 1. The Balaban J connectivity index is 0.000000945. The summed E-state index contributed by atoms with van der Waals surface area (Å²) in [6.07, 6.45) is 9.70. The molecule has 2 unspecified atom stereocenters. The molecule has 3 nitrogen and oxygen atoms in total. The first-order chi connectivity index (χ1) is 15.9. The average molecular weight is 485 g/mol. The Morgan fingerprint density at radius 1 is 1.06 bits per heavy atom. The van der Waals surface area contributed by atoms with Crippen LogP contribution in [-0.2, 0) is 5.41 Å². The van der Waals surface area contributed by atoms with E-state index in [1.54, 1.807) is 14.2 Å². The average Bonchev–Trinajstić information content (AvgIpc) is 2.79. The zero-order valence-electron chi connectivity index (χ0n) is 21.9. The summed E-state index contributed by atoms with van der Waals surface area (Å²) in [4.78, 5) is 0. The van der Waals surface area contributed by atoms with Crippen LogP contribution < -0.4 is 9.47 Å². The topological polar surface area (TPSA) is 38.7 Å². The largest absolute Gasteiger partial charge is 0.496 e. The Bertz CT molecular complexity index is 804. The molecule has 0 amide bonds. The fourth-order valence-corrected chi connectivity index (χ4v) is 5.90. The summed E-state index contributed by atoms with van der Waals surface area (Å²) in [7, 11) is 3.54. The van der Waals surface area contributed by atoms with Crippen molar-refractivity contribution in [3.8, 4) is 11.5 Å². The van der Waals surface area contributed by atoms with Gasteiger partial charge in [-0.25, -0.2) is 0 Å². The van der Waals surface area contributed by atoms with Crippen LogP contribution in [0.2, 0.25) is 0 Å². The van der Waals surface area contributed by atoms with Gasteiger partial charge in [-0.3, -0.25) is 0 Å². The first-order valence-corrected chi connectivity index (χ1v) is 12.4. The van der Waals surface area contributed by atoms with Crippen LogP contribution in [0.5, 0.6) is 11.5 Å². The Morgan fingerprint density at radius 2 is 1.62 bits per heavy atom. The number of benzene rings is 1. The number of unbranched alkanes of at least 4 members (excludes halogenated alkanes) is 3. The van der Waals surface area contributed by atoms with Crippen LogP contribution >= 0.6 is 0 Å². The van der Waals surface area contributed by atoms with Gasteiger partial charge in [0, 0.05) is 11.5 Å². The van der Waals surface area contributed by atoms with Gasteiger partial charge in [0.1, 0.15) is 11.5 Å². The lowest BCUT2D eigenvalue weighted by Crippen LogP contribution is -2.51. The summed E-state index contributed by atoms with van der Waals surface area (Å²) >= 11 is 0. The molecule has 3 aliphatic rings. The lowest BCUT2D eigenvalue weighted by atomic mass is 9.45. The highest BCUT2D eigenvalue weighted by atomic mass is 19.4. The quantitative estimate of drug-likeness (QED) is 0.272. The van der Waals surface area contributed by atoms with Gasteiger partial charge < -0.3 is 14.6 Å². The van der Waals surface area contributed by atoms with E-state index >= 15 is 0 Å². The number of alkyl halides is 3. The summed E-state index contributed by atoms with van der Waals surface area (Å²) in [5.41, 5.74) is 3.88. The van der Waals surface area contributed by atoms with Crippen LogP contribution in [0.15, 0.2) is 23.8 Å². The van der Waals surface area contributed by atoms with Gasteiger partial charge in [-0.15, -0.1) is 0 Å². The number of methoxy groups -OCH3 is 2. The highest BCUT2D eigenvalue weighted by Crippen LogP contribution is 2.65. The highest BCUT2D eigenvalue weighted by molar-refractivity contribution is 5.55. The second-order valence-electron chi connectivity index (χ2n) is 10.9. The number of ether oxygens (including phenoxy) is 2. The number of aliphatic hydroxyl groups is 1. The highest BCUT2D eigenvalue weighted by Gasteiger charge is 2.56. The molecule has 1 fully saturated rings. The summed E-state index contributed by atoms with van der Waals surface area (Å²) in [6, 6.07) is 4.48. The minimum Gasteiger partial charge on any atom is -0.496 e. The van der Waals surface area contributed by atoms with Gasteiger partial charge in [0.25, 0.3) is 0 Å². The van der Waals surface area contributed by atoms with Crippen LogP contribution in [-0.4, -0.2) is 32.6 Å². The molecule has 6 heteroatoms.